The Labute approximate surface area is 252 Å². The molecule has 0 aliphatic rings. The summed E-state index contributed by atoms with van der Waals surface area (Å²) in [6, 6.07) is 25.3. The third kappa shape index (κ3) is 9.83. The smallest absolute Gasteiger partial charge is 0.242 e. The van der Waals surface area contributed by atoms with E-state index in [-0.39, 0.29) is 18.2 Å². The van der Waals surface area contributed by atoms with Gasteiger partial charge >= 0.3 is 0 Å². The molecule has 0 aliphatic heterocycles. The molecule has 0 saturated carbocycles. The number of amides is 2. The molecule has 10 heteroatoms. The summed E-state index contributed by atoms with van der Waals surface area (Å²) in [7, 11) is 0. The molecule has 1 heterocycles. The van der Waals surface area contributed by atoms with Crippen molar-refractivity contribution in [3.8, 4) is 22.5 Å². The number of aliphatic hydroxyl groups excluding tert-OH is 1. The Hall–Kier alpha value is -4.41. The monoisotopic (exact) mass is 583 g/mol. The molecule has 0 unspecified atom stereocenters. The Balaban J connectivity index is 1.38. The van der Waals surface area contributed by atoms with Crippen molar-refractivity contribution in [1.29, 1.82) is 0 Å². The fourth-order valence-corrected chi connectivity index (χ4v) is 4.89. The Morgan fingerprint density at radius 2 is 1.63 bits per heavy atom. The van der Waals surface area contributed by atoms with Gasteiger partial charge in [-0.3, -0.25) is 9.59 Å². The molecule has 0 saturated heterocycles. The first-order valence-electron chi connectivity index (χ1n) is 14.7. The molecular formula is C33H41N7O3. The number of aromatic amines is 1. The summed E-state index contributed by atoms with van der Waals surface area (Å²) in [5.41, 5.74) is 4.48. The van der Waals surface area contributed by atoms with Crippen molar-refractivity contribution >= 4 is 11.8 Å². The number of aryl methyl sites for hydroxylation is 1. The van der Waals surface area contributed by atoms with Crippen LogP contribution < -0.4 is 16.0 Å². The van der Waals surface area contributed by atoms with Gasteiger partial charge in [-0.15, -0.1) is 5.10 Å². The van der Waals surface area contributed by atoms with Crippen LogP contribution in [0.4, 0.5) is 0 Å². The minimum Gasteiger partial charge on any atom is -0.392 e. The maximum absolute atomic E-state index is 13.3. The SMILES string of the molecule is C[C@@H](O)CNC(C)(C)CC(=O)N[C@H](CCCc1ccccc1)C(=O)NCc1ccc(-c2ccccc2-c2nnn[nH]2)cc1. The van der Waals surface area contributed by atoms with Gasteiger partial charge in [0.15, 0.2) is 5.82 Å². The number of carbonyl (C=O) groups excluding carboxylic acids is 2. The first kappa shape index (κ1) is 31.5. The topological polar surface area (TPSA) is 145 Å². The summed E-state index contributed by atoms with van der Waals surface area (Å²) in [6.07, 6.45) is 1.74. The number of hydrogen-bond donors (Lipinski definition) is 5. The number of tetrazole rings is 1. The van der Waals surface area contributed by atoms with Crippen molar-refractivity contribution < 1.29 is 14.7 Å². The van der Waals surface area contributed by atoms with Gasteiger partial charge in [0.05, 0.1) is 6.10 Å². The van der Waals surface area contributed by atoms with E-state index in [0.717, 1.165) is 35.1 Å². The molecule has 2 atom stereocenters. The molecule has 0 aliphatic carbocycles. The third-order valence-corrected chi connectivity index (χ3v) is 7.19. The summed E-state index contributed by atoms with van der Waals surface area (Å²) in [6.45, 7) is 6.22. The van der Waals surface area contributed by atoms with E-state index in [1.807, 2.05) is 80.6 Å². The lowest BCUT2D eigenvalue weighted by atomic mass is 9.98. The van der Waals surface area contributed by atoms with Crippen LogP contribution in [0.2, 0.25) is 0 Å². The highest BCUT2D eigenvalue weighted by Gasteiger charge is 2.26. The molecule has 4 rings (SSSR count). The highest BCUT2D eigenvalue weighted by molar-refractivity contribution is 5.88. The van der Waals surface area contributed by atoms with Crippen LogP contribution in [0.1, 0.15) is 51.2 Å². The van der Waals surface area contributed by atoms with Crippen LogP contribution >= 0.6 is 0 Å². The van der Waals surface area contributed by atoms with Crippen LogP contribution in [0.3, 0.4) is 0 Å². The average molecular weight is 584 g/mol. The molecule has 2 amide bonds. The number of benzene rings is 3. The number of aliphatic hydroxyl groups is 1. The zero-order valence-corrected chi connectivity index (χ0v) is 25.0. The Morgan fingerprint density at radius 3 is 2.30 bits per heavy atom. The van der Waals surface area contributed by atoms with Gasteiger partial charge in [0.25, 0.3) is 0 Å². The van der Waals surface area contributed by atoms with Crippen molar-refractivity contribution in [2.24, 2.45) is 0 Å². The molecule has 0 bridgehead atoms. The molecular weight excluding hydrogens is 542 g/mol. The summed E-state index contributed by atoms with van der Waals surface area (Å²) >= 11 is 0. The second kappa shape index (κ2) is 15.2. The van der Waals surface area contributed by atoms with E-state index >= 15 is 0 Å². The molecule has 1 aromatic heterocycles. The summed E-state index contributed by atoms with van der Waals surface area (Å²) in [4.78, 5) is 26.3. The van der Waals surface area contributed by atoms with Crippen LogP contribution in [0.5, 0.6) is 0 Å². The van der Waals surface area contributed by atoms with E-state index in [1.54, 1.807) is 6.92 Å². The quantitative estimate of drug-likeness (QED) is 0.143. The molecule has 226 valence electrons. The third-order valence-electron chi connectivity index (χ3n) is 7.19. The predicted molar refractivity (Wildman–Crippen MR) is 167 cm³/mol. The summed E-state index contributed by atoms with van der Waals surface area (Å²) in [5, 5.41) is 33.0. The number of nitrogens with one attached hydrogen (secondary N) is 4. The van der Waals surface area contributed by atoms with Crippen molar-refractivity contribution in [1.82, 2.24) is 36.6 Å². The molecule has 10 nitrogen and oxygen atoms in total. The summed E-state index contributed by atoms with van der Waals surface area (Å²) in [5.74, 6) is 0.158. The lowest BCUT2D eigenvalue weighted by Crippen LogP contribution is -2.51. The minimum atomic E-state index is -0.662. The largest absolute Gasteiger partial charge is 0.392 e. The highest BCUT2D eigenvalue weighted by Crippen LogP contribution is 2.29. The first-order valence-corrected chi connectivity index (χ1v) is 14.7. The second-order valence-electron chi connectivity index (χ2n) is 11.5. The van der Waals surface area contributed by atoms with Crippen molar-refractivity contribution in [3.63, 3.8) is 0 Å². The van der Waals surface area contributed by atoms with Crippen molar-refractivity contribution in [3.05, 3.63) is 90.0 Å². The summed E-state index contributed by atoms with van der Waals surface area (Å²) < 4.78 is 0. The van der Waals surface area contributed by atoms with Crippen LogP contribution in [-0.4, -0.2) is 61.8 Å². The van der Waals surface area contributed by atoms with Gasteiger partial charge < -0.3 is 21.1 Å². The molecule has 4 aromatic rings. The Bertz CT molecular complexity index is 1440. The van der Waals surface area contributed by atoms with Gasteiger partial charge in [-0.05, 0) is 72.7 Å². The molecule has 43 heavy (non-hydrogen) atoms. The highest BCUT2D eigenvalue weighted by atomic mass is 16.3. The van der Waals surface area contributed by atoms with Crippen LogP contribution in [0.25, 0.3) is 22.5 Å². The van der Waals surface area contributed by atoms with Crippen molar-refractivity contribution in [2.45, 2.75) is 70.7 Å². The number of H-pyrrole nitrogens is 1. The van der Waals surface area contributed by atoms with Gasteiger partial charge in [-0.2, -0.15) is 0 Å². The van der Waals surface area contributed by atoms with E-state index in [2.05, 4.69) is 48.7 Å². The van der Waals surface area contributed by atoms with E-state index in [1.165, 1.54) is 5.56 Å². The van der Waals surface area contributed by atoms with E-state index in [0.29, 0.717) is 25.3 Å². The zero-order chi connectivity index (χ0) is 30.7. The maximum atomic E-state index is 13.3. The number of hydrogen-bond acceptors (Lipinski definition) is 7. The van der Waals surface area contributed by atoms with Crippen LogP contribution in [-0.2, 0) is 22.6 Å². The fraction of sp³-hybridized carbons (Fsp3) is 0.364. The predicted octanol–water partition coefficient (Wildman–Crippen LogP) is 3.80. The van der Waals surface area contributed by atoms with Crippen LogP contribution in [0.15, 0.2) is 78.9 Å². The number of β-amino-alcohol motifs (C(OH)–C–C–N with tert-alkyl or cyclic N) is 1. The number of nitrogens with zero attached hydrogens (tertiary/aromatic N) is 3. The number of aromatic nitrogens is 4. The van der Waals surface area contributed by atoms with E-state index < -0.39 is 17.7 Å². The molecule has 0 spiro atoms. The maximum Gasteiger partial charge on any atom is 0.242 e. The lowest BCUT2D eigenvalue weighted by Gasteiger charge is -2.28. The first-order chi connectivity index (χ1) is 20.7. The Morgan fingerprint density at radius 1 is 0.930 bits per heavy atom. The second-order valence-corrected chi connectivity index (χ2v) is 11.5. The lowest BCUT2D eigenvalue weighted by molar-refractivity contribution is -0.130. The van der Waals surface area contributed by atoms with Gasteiger partial charge in [-0.25, -0.2) is 5.10 Å². The normalized spacial score (nSPS) is 12.8. The van der Waals surface area contributed by atoms with E-state index in [4.69, 9.17) is 0 Å². The standard InChI is InChI=1S/C33H41N7O3/c1-23(41)21-35-33(2,3)20-30(42)36-29(15-9-12-24-10-5-4-6-11-24)32(43)34-22-25-16-18-26(19-17-25)27-13-7-8-14-28(27)31-37-39-40-38-31/h4-8,10-11,13-14,16-19,23,29,35,41H,9,12,15,20-22H2,1-3H3,(H,34,43)(H,36,42)(H,37,38,39,40)/t23-,29-/m1/s1. The minimum absolute atomic E-state index is 0.176. The van der Waals surface area contributed by atoms with Gasteiger partial charge in [0.1, 0.15) is 6.04 Å². The average Bonchev–Trinajstić information content (AvgIpc) is 3.54. The zero-order valence-electron chi connectivity index (χ0n) is 25.0. The van der Waals surface area contributed by atoms with Gasteiger partial charge in [0, 0.05) is 30.6 Å². The molecule has 5 N–H and O–H groups in total. The van der Waals surface area contributed by atoms with Crippen LogP contribution in [0, 0.1) is 0 Å². The fourth-order valence-electron chi connectivity index (χ4n) is 4.89. The molecule has 0 fully saturated rings. The number of carbonyl (C=O) groups is 2. The van der Waals surface area contributed by atoms with Crippen molar-refractivity contribution in [2.75, 3.05) is 6.54 Å². The number of rotatable bonds is 15. The van der Waals surface area contributed by atoms with Gasteiger partial charge in [-0.1, -0.05) is 78.9 Å². The molecule has 3 aromatic carbocycles. The molecule has 0 radical (unpaired) electrons. The van der Waals surface area contributed by atoms with Gasteiger partial charge in [0.2, 0.25) is 11.8 Å². The Kier molecular flexibility index (Phi) is 11.1. The van der Waals surface area contributed by atoms with E-state index in [9.17, 15) is 14.7 Å².